The Kier molecular flexibility index (Phi) is 4.20. The van der Waals surface area contributed by atoms with Crippen LogP contribution in [0.2, 0.25) is 0 Å². The van der Waals surface area contributed by atoms with Gasteiger partial charge in [0.25, 0.3) is 0 Å². The molecule has 0 unspecified atom stereocenters. The molecule has 6 rings (SSSR count). The first-order valence-electron chi connectivity index (χ1n) is 10.5. The quantitative estimate of drug-likeness (QED) is 0.301. The van der Waals surface area contributed by atoms with Crippen LogP contribution in [0.1, 0.15) is 5.56 Å². The Bertz CT molecular complexity index is 1700. The summed E-state index contributed by atoms with van der Waals surface area (Å²) in [4.78, 5) is 4.57. The van der Waals surface area contributed by atoms with Crippen molar-refractivity contribution in [1.82, 2.24) is 4.98 Å². The SMILES string of the molecule is Cc1cc(-c2nccc3c(F)c(-c4c(O)cccc4F)ccc23)c2oc3ccccc3c2c1. The number of aromatic nitrogens is 1. The van der Waals surface area contributed by atoms with Crippen molar-refractivity contribution in [2.45, 2.75) is 6.92 Å². The molecular formula is C28H17F2NO2. The highest BCUT2D eigenvalue weighted by molar-refractivity contribution is 6.12. The van der Waals surface area contributed by atoms with Crippen molar-refractivity contribution in [1.29, 1.82) is 0 Å². The molecule has 4 aromatic carbocycles. The van der Waals surface area contributed by atoms with E-state index >= 15 is 4.39 Å². The van der Waals surface area contributed by atoms with Crippen LogP contribution in [0.25, 0.3) is 55.1 Å². The van der Waals surface area contributed by atoms with E-state index in [0.717, 1.165) is 27.5 Å². The number of benzene rings is 4. The second-order valence-corrected chi connectivity index (χ2v) is 8.10. The predicted molar refractivity (Wildman–Crippen MR) is 126 cm³/mol. The number of para-hydroxylation sites is 1. The molecule has 6 aromatic rings. The number of fused-ring (bicyclic) bond motifs is 4. The predicted octanol–water partition coefficient (Wildman–Crippen LogP) is 7.76. The number of nitrogens with zero attached hydrogens (tertiary/aromatic N) is 1. The highest BCUT2D eigenvalue weighted by Crippen LogP contribution is 2.41. The van der Waals surface area contributed by atoms with Crippen LogP contribution in [0.3, 0.4) is 0 Å². The molecule has 160 valence electrons. The topological polar surface area (TPSA) is 46.3 Å². The van der Waals surface area contributed by atoms with Crippen molar-refractivity contribution >= 4 is 32.7 Å². The lowest BCUT2D eigenvalue weighted by atomic mass is 9.95. The van der Waals surface area contributed by atoms with Crippen molar-refractivity contribution < 1.29 is 18.3 Å². The summed E-state index contributed by atoms with van der Waals surface area (Å²) in [6.07, 6.45) is 1.53. The molecular weight excluding hydrogens is 420 g/mol. The van der Waals surface area contributed by atoms with Gasteiger partial charge in [-0.3, -0.25) is 4.98 Å². The van der Waals surface area contributed by atoms with Crippen LogP contribution >= 0.6 is 0 Å². The van der Waals surface area contributed by atoms with Crippen LogP contribution in [-0.4, -0.2) is 10.1 Å². The van der Waals surface area contributed by atoms with Gasteiger partial charge in [0.2, 0.25) is 0 Å². The Morgan fingerprint density at radius 2 is 1.64 bits per heavy atom. The van der Waals surface area contributed by atoms with Crippen LogP contribution in [0.5, 0.6) is 5.75 Å². The molecule has 0 radical (unpaired) electrons. The summed E-state index contributed by atoms with van der Waals surface area (Å²) < 4.78 is 36.3. The van der Waals surface area contributed by atoms with Gasteiger partial charge in [-0.25, -0.2) is 8.78 Å². The minimum atomic E-state index is -0.690. The smallest absolute Gasteiger partial charge is 0.144 e. The molecule has 0 spiro atoms. The molecule has 0 aliphatic rings. The van der Waals surface area contributed by atoms with Gasteiger partial charge in [-0.05, 0) is 48.9 Å². The number of aromatic hydroxyl groups is 1. The molecule has 2 heterocycles. The van der Waals surface area contributed by atoms with Crippen LogP contribution in [0.4, 0.5) is 8.78 Å². The summed E-state index contributed by atoms with van der Waals surface area (Å²) in [5, 5.41) is 13.0. The Balaban J connectivity index is 1.65. The molecule has 0 atom stereocenters. The maximum Gasteiger partial charge on any atom is 0.144 e. The molecule has 0 fully saturated rings. The summed E-state index contributed by atoms with van der Waals surface area (Å²) in [6.45, 7) is 2.00. The van der Waals surface area contributed by atoms with Gasteiger partial charge in [-0.1, -0.05) is 36.4 Å². The first-order valence-corrected chi connectivity index (χ1v) is 10.5. The molecule has 5 heteroatoms. The standard InChI is InChI=1S/C28H17F2NO2/c1-15-13-20-16-5-2-3-8-24(16)33-28(20)21(14-15)27-18-9-10-19(26(30)17(18)11-12-31-27)25-22(29)6-4-7-23(25)32/h2-14,32H,1H3. The van der Waals surface area contributed by atoms with E-state index in [0.29, 0.717) is 16.7 Å². The zero-order valence-corrected chi connectivity index (χ0v) is 17.6. The maximum absolute atomic E-state index is 15.6. The lowest BCUT2D eigenvalue weighted by Gasteiger charge is -2.12. The minimum absolute atomic E-state index is 0.00613. The number of hydrogen-bond donors (Lipinski definition) is 1. The Morgan fingerprint density at radius 1 is 0.788 bits per heavy atom. The number of rotatable bonds is 2. The first kappa shape index (κ1) is 19.4. The number of phenolic OH excluding ortho intramolecular Hbond substituents is 1. The Labute approximate surface area is 187 Å². The van der Waals surface area contributed by atoms with Gasteiger partial charge in [0, 0.05) is 38.9 Å². The van der Waals surface area contributed by atoms with E-state index in [1.807, 2.05) is 37.3 Å². The van der Waals surface area contributed by atoms with Crippen LogP contribution in [0.15, 0.2) is 83.4 Å². The van der Waals surface area contributed by atoms with E-state index in [1.165, 1.54) is 30.5 Å². The van der Waals surface area contributed by atoms with Crippen LogP contribution in [-0.2, 0) is 0 Å². The van der Waals surface area contributed by atoms with Gasteiger partial charge in [-0.15, -0.1) is 0 Å². The van der Waals surface area contributed by atoms with E-state index in [2.05, 4.69) is 11.1 Å². The fourth-order valence-corrected chi connectivity index (χ4v) is 4.55. The van der Waals surface area contributed by atoms with Gasteiger partial charge >= 0.3 is 0 Å². The number of furan rings is 1. The van der Waals surface area contributed by atoms with Crippen LogP contribution in [0, 0.1) is 18.6 Å². The van der Waals surface area contributed by atoms with Gasteiger partial charge in [0.15, 0.2) is 0 Å². The summed E-state index contributed by atoms with van der Waals surface area (Å²) in [5.74, 6) is -1.62. The maximum atomic E-state index is 15.6. The molecule has 0 bridgehead atoms. The summed E-state index contributed by atoms with van der Waals surface area (Å²) in [6, 6.07) is 20.5. The van der Waals surface area contributed by atoms with Crippen molar-refractivity contribution in [2.75, 3.05) is 0 Å². The van der Waals surface area contributed by atoms with Crippen molar-refractivity contribution in [2.24, 2.45) is 0 Å². The fraction of sp³-hybridized carbons (Fsp3) is 0.0357. The minimum Gasteiger partial charge on any atom is -0.507 e. The lowest BCUT2D eigenvalue weighted by molar-refractivity contribution is 0.471. The molecule has 1 N–H and O–H groups in total. The second kappa shape index (κ2) is 7.14. The first-order chi connectivity index (χ1) is 16.0. The van der Waals surface area contributed by atoms with E-state index in [4.69, 9.17) is 4.42 Å². The average molecular weight is 437 g/mol. The fourth-order valence-electron chi connectivity index (χ4n) is 4.55. The third kappa shape index (κ3) is 2.89. The number of hydrogen-bond acceptors (Lipinski definition) is 3. The molecule has 0 amide bonds. The van der Waals surface area contributed by atoms with Crippen molar-refractivity contribution in [3.8, 4) is 28.1 Å². The second-order valence-electron chi connectivity index (χ2n) is 8.10. The summed E-state index contributed by atoms with van der Waals surface area (Å²) in [5.41, 5.74) is 3.63. The molecule has 33 heavy (non-hydrogen) atoms. The van der Waals surface area contributed by atoms with Crippen molar-refractivity contribution in [3.63, 3.8) is 0 Å². The Morgan fingerprint density at radius 3 is 2.48 bits per heavy atom. The normalized spacial score (nSPS) is 11.6. The van der Waals surface area contributed by atoms with E-state index in [9.17, 15) is 9.50 Å². The molecule has 3 nitrogen and oxygen atoms in total. The Hall–Kier alpha value is -4.25. The lowest BCUT2D eigenvalue weighted by Crippen LogP contribution is -1.94. The van der Waals surface area contributed by atoms with E-state index < -0.39 is 11.6 Å². The zero-order chi connectivity index (χ0) is 22.7. The molecule has 0 saturated heterocycles. The van der Waals surface area contributed by atoms with E-state index in [-0.39, 0.29) is 22.3 Å². The number of phenols is 1. The monoisotopic (exact) mass is 437 g/mol. The summed E-state index contributed by atoms with van der Waals surface area (Å²) >= 11 is 0. The third-order valence-corrected chi connectivity index (χ3v) is 6.02. The van der Waals surface area contributed by atoms with Gasteiger partial charge < -0.3 is 9.52 Å². The highest BCUT2D eigenvalue weighted by atomic mass is 19.1. The zero-order valence-electron chi connectivity index (χ0n) is 17.6. The van der Waals surface area contributed by atoms with Crippen LogP contribution < -0.4 is 0 Å². The third-order valence-electron chi connectivity index (χ3n) is 6.02. The molecule has 0 aliphatic heterocycles. The van der Waals surface area contributed by atoms with E-state index in [1.54, 1.807) is 12.1 Å². The van der Waals surface area contributed by atoms with Crippen molar-refractivity contribution in [3.05, 3.63) is 96.2 Å². The average Bonchev–Trinajstić information content (AvgIpc) is 3.18. The number of pyridine rings is 1. The molecule has 0 saturated carbocycles. The number of halogens is 2. The largest absolute Gasteiger partial charge is 0.507 e. The van der Waals surface area contributed by atoms with Gasteiger partial charge in [-0.2, -0.15) is 0 Å². The summed E-state index contributed by atoms with van der Waals surface area (Å²) in [7, 11) is 0. The molecule has 2 aromatic heterocycles. The highest BCUT2D eigenvalue weighted by Gasteiger charge is 2.20. The van der Waals surface area contributed by atoms with Gasteiger partial charge in [0.05, 0.1) is 11.3 Å². The molecule has 0 aliphatic carbocycles. The number of aryl methyl sites for hydroxylation is 1. The van der Waals surface area contributed by atoms with Gasteiger partial charge in [0.1, 0.15) is 28.5 Å².